The summed E-state index contributed by atoms with van der Waals surface area (Å²) in [5.74, 6) is -0.631. The smallest absolute Gasteiger partial charge is 0.267 e. The minimum Gasteiger partial charge on any atom is -0.267 e. The number of halogens is 1. The Hall–Kier alpha value is -3.38. The van der Waals surface area contributed by atoms with Crippen LogP contribution < -0.4 is 5.01 Å². The van der Waals surface area contributed by atoms with E-state index in [1.54, 1.807) is 18.3 Å². The standard InChI is InChI=1S/C24H20FN3OS/c1-15-4-7-18(8-5-15)14-26-28(23(29)19-9-6-16(2)17(3)12-19)24-27-21-11-10-20(25)13-22(21)30-24/h4-14H,1-3H3/b26-14+. The third-order valence-electron chi connectivity index (χ3n) is 4.87. The number of fused-ring (bicyclic) bond motifs is 1. The molecule has 1 aromatic heterocycles. The van der Waals surface area contributed by atoms with Crippen molar-refractivity contribution in [2.24, 2.45) is 5.10 Å². The van der Waals surface area contributed by atoms with Crippen LogP contribution in [0.4, 0.5) is 9.52 Å². The average molecular weight is 418 g/mol. The second-order valence-corrected chi connectivity index (χ2v) is 8.19. The maximum Gasteiger partial charge on any atom is 0.280 e. The van der Waals surface area contributed by atoms with E-state index in [-0.39, 0.29) is 11.7 Å². The summed E-state index contributed by atoms with van der Waals surface area (Å²) in [4.78, 5) is 17.8. The summed E-state index contributed by atoms with van der Waals surface area (Å²) < 4.78 is 14.3. The molecule has 0 saturated heterocycles. The number of benzene rings is 3. The highest BCUT2D eigenvalue weighted by molar-refractivity contribution is 7.22. The van der Waals surface area contributed by atoms with Gasteiger partial charge in [0.05, 0.1) is 16.4 Å². The number of hydrazone groups is 1. The molecule has 0 atom stereocenters. The van der Waals surface area contributed by atoms with Crippen LogP contribution in [0.5, 0.6) is 0 Å². The molecule has 30 heavy (non-hydrogen) atoms. The zero-order valence-electron chi connectivity index (χ0n) is 16.9. The summed E-state index contributed by atoms with van der Waals surface area (Å²) in [6, 6.07) is 17.8. The number of hydrogen-bond donors (Lipinski definition) is 0. The highest BCUT2D eigenvalue weighted by Gasteiger charge is 2.21. The van der Waals surface area contributed by atoms with Crippen molar-refractivity contribution in [3.8, 4) is 0 Å². The Morgan fingerprint density at radius 2 is 1.77 bits per heavy atom. The van der Waals surface area contributed by atoms with E-state index in [2.05, 4.69) is 10.1 Å². The normalized spacial score (nSPS) is 11.3. The van der Waals surface area contributed by atoms with E-state index < -0.39 is 0 Å². The summed E-state index contributed by atoms with van der Waals surface area (Å²) in [6.07, 6.45) is 1.63. The lowest BCUT2D eigenvalue weighted by atomic mass is 10.1. The van der Waals surface area contributed by atoms with Gasteiger partial charge < -0.3 is 0 Å². The summed E-state index contributed by atoms with van der Waals surface area (Å²) in [7, 11) is 0. The molecule has 1 heterocycles. The molecular formula is C24H20FN3OS. The van der Waals surface area contributed by atoms with Crippen LogP contribution in [0.3, 0.4) is 0 Å². The second kappa shape index (κ2) is 8.16. The van der Waals surface area contributed by atoms with Crippen LogP contribution in [0, 0.1) is 26.6 Å². The van der Waals surface area contributed by atoms with Gasteiger partial charge in [0.15, 0.2) is 0 Å². The lowest BCUT2D eigenvalue weighted by molar-refractivity contribution is 0.0987. The number of thiazole rings is 1. The van der Waals surface area contributed by atoms with Gasteiger partial charge in [-0.3, -0.25) is 4.79 Å². The Morgan fingerprint density at radius 3 is 2.50 bits per heavy atom. The van der Waals surface area contributed by atoms with Crippen molar-refractivity contribution in [2.75, 3.05) is 5.01 Å². The van der Waals surface area contributed by atoms with E-state index in [4.69, 9.17) is 0 Å². The van der Waals surface area contributed by atoms with Gasteiger partial charge in [0.1, 0.15) is 5.82 Å². The SMILES string of the molecule is Cc1ccc(/C=N/N(C(=O)c2ccc(C)c(C)c2)c2nc3ccc(F)cc3s2)cc1. The van der Waals surface area contributed by atoms with Gasteiger partial charge in [-0.15, -0.1) is 0 Å². The molecular weight excluding hydrogens is 397 g/mol. The highest BCUT2D eigenvalue weighted by Crippen LogP contribution is 2.30. The maximum absolute atomic E-state index is 13.6. The molecule has 0 saturated carbocycles. The summed E-state index contributed by atoms with van der Waals surface area (Å²) in [5.41, 5.74) is 5.28. The first-order chi connectivity index (χ1) is 14.4. The third kappa shape index (κ3) is 4.14. The average Bonchev–Trinajstić information content (AvgIpc) is 3.14. The second-order valence-electron chi connectivity index (χ2n) is 7.18. The highest BCUT2D eigenvalue weighted by atomic mass is 32.1. The molecule has 0 fully saturated rings. The minimum atomic E-state index is -0.340. The number of amides is 1. The van der Waals surface area contributed by atoms with E-state index in [0.717, 1.165) is 22.3 Å². The maximum atomic E-state index is 13.6. The number of hydrogen-bond acceptors (Lipinski definition) is 4. The van der Waals surface area contributed by atoms with Crippen molar-refractivity contribution in [2.45, 2.75) is 20.8 Å². The Bertz CT molecular complexity index is 1260. The largest absolute Gasteiger partial charge is 0.280 e. The fourth-order valence-corrected chi connectivity index (χ4v) is 3.89. The van der Waals surface area contributed by atoms with Crippen molar-refractivity contribution >= 4 is 38.8 Å². The molecule has 0 unspecified atom stereocenters. The van der Waals surface area contributed by atoms with Crippen LogP contribution in [-0.2, 0) is 0 Å². The number of anilines is 1. The van der Waals surface area contributed by atoms with Gasteiger partial charge in [0.2, 0.25) is 5.13 Å². The number of carbonyl (C=O) groups excluding carboxylic acids is 1. The topological polar surface area (TPSA) is 45.6 Å². The summed E-state index contributed by atoms with van der Waals surface area (Å²) >= 11 is 1.23. The van der Waals surface area contributed by atoms with Crippen LogP contribution in [0.2, 0.25) is 0 Å². The zero-order chi connectivity index (χ0) is 21.3. The number of aryl methyl sites for hydroxylation is 3. The molecule has 0 bridgehead atoms. The van der Waals surface area contributed by atoms with Gasteiger partial charge in [-0.1, -0.05) is 47.2 Å². The van der Waals surface area contributed by atoms with Crippen molar-refractivity contribution in [3.63, 3.8) is 0 Å². The minimum absolute atomic E-state index is 0.291. The third-order valence-corrected chi connectivity index (χ3v) is 5.86. The molecule has 0 radical (unpaired) electrons. The first-order valence-corrected chi connectivity index (χ1v) is 10.3. The van der Waals surface area contributed by atoms with E-state index in [9.17, 15) is 9.18 Å². The van der Waals surface area contributed by atoms with Gasteiger partial charge in [0.25, 0.3) is 5.91 Å². The molecule has 4 aromatic rings. The molecule has 0 aliphatic carbocycles. The number of rotatable bonds is 4. The van der Waals surface area contributed by atoms with Crippen LogP contribution in [-0.4, -0.2) is 17.1 Å². The van der Waals surface area contributed by atoms with Gasteiger partial charge in [-0.25, -0.2) is 9.37 Å². The van der Waals surface area contributed by atoms with E-state index >= 15 is 0 Å². The van der Waals surface area contributed by atoms with Crippen LogP contribution >= 0.6 is 11.3 Å². The van der Waals surface area contributed by atoms with E-state index in [1.165, 1.54) is 28.5 Å². The molecule has 150 valence electrons. The number of carbonyl (C=O) groups is 1. The molecule has 4 nitrogen and oxygen atoms in total. The van der Waals surface area contributed by atoms with Gasteiger partial charge >= 0.3 is 0 Å². The Kier molecular flexibility index (Phi) is 5.42. The Balaban J connectivity index is 1.77. The van der Waals surface area contributed by atoms with Crippen molar-refractivity contribution in [1.29, 1.82) is 0 Å². The summed E-state index contributed by atoms with van der Waals surface area (Å²) in [5, 5.41) is 6.13. The molecule has 0 aliphatic rings. The molecule has 0 N–H and O–H groups in total. The van der Waals surface area contributed by atoms with E-state index in [0.29, 0.717) is 20.9 Å². The molecule has 1 amide bonds. The fraction of sp³-hybridized carbons (Fsp3) is 0.125. The van der Waals surface area contributed by atoms with Crippen molar-refractivity contribution < 1.29 is 9.18 Å². The fourth-order valence-electron chi connectivity index (χ4n) is 2.94. The molecule has 0 spiro atoms. The van der Waals surface area contributed by atoms with E-state index in [1.807, 2.05) is 57.2 Å². The summed E-state index contributed by atoms with van der Waals surface area (Å²) in [6.45, 7) is 5.97. The first-order valence-electron chi connectivity index (χ1n) is 9.49. The zero-order valence-corrected chi connectivity index (χ0v) is 17.7. The van der Waals surface area contributed by atoms with Gasteiger partial charge in [0, 0.05) is 5.56 Å². The predicted molar refractivity (Wildman–Crippen MR) is 121 cm³/mol. The van der Waals surface area contributed by atoms with Crippen LogP contribution in [0.1, 0.15) is 32.6 Å². The number of aromatic nitrogens is 1. The molecule has 6 heteroatoms. The Morgan fingerprint density at radius 1 is 1.00 bits per heavy atom. The molecule has 3 aromatic carbocycles. The van der Waals surface area contributed by atoms with Crippen LogP contribution in [0.15, 0.2) is 65.8 Å². The predicted octanol–water partition coefficient (Wildman–Crippen LogP) is 6.04. The van der Waals surface area contributed by atoms with Gasteiger partial charge in [-0.2, -0.15) is 10.1 Å². The quantitative estimate of drug-likeness (QED) is 0.300. The lowest BCUT2D eigenvalue weighted by Crippen LogP contribution is -2.25. The van der Waals surface area contributed by atoms with Gasteiger partial charge in [-0.05, 0) is 67.8 Å². The van der Waals surface area contributed by atoms with Crippen molar-refractivity contribution in [1.82, 2.24) is 4.98 Å². The monoisotopic (exact) mass is 417 g/mol. The molecule has 0 aliphatic heterocycles. The van der Waals surface area contributed by atoms with Crippen LogP contribution in [0.25, 0.3) is 10.2 Å². The van der Waals surface area contributed by atoms with Crippen molar-refractivity contribution in [3.05, 3.63) is 94.3 Å². The lowest BCUT2D eigenvalue weighted by Gasteiger charge is -2.14. The Labute approximate surface area is 178 Å². The molecule has 4 rings (SSSR count). The first kappa shape index (κ1) is 19.9. The number of nitrogens with zero attached hydrogens (tertiary/aromatic N) is 3.